The van der Waals surface area contributed by atoms with Gasteiger partial charge in [0.2, 0.25) is 5.75 Å². The molecule has 0 saturated heterocycles. The molecule has 0 radical (unpaired) electrons. The first kappa shape index (κ1) is 38.6. The zero-order chi connectivity index (χ0) is 31.1. The number of likely N-dealkylation sites (N-methyl/N-ethyl adjacent to an activating group) is 1. The summed E-state index contributed by atoms with van der Waals surface area (Å²) in [6, 6.07) is 8.22. The van der Waals surface area contributed by atoms with E-state index in [1.807, 2.05) is 47.7 Å². The first-order valence-corrected chi connectivity index (χ1v) is 13.9. The van der Waals surface area contributed by atoms with Crippen LogP contribution in [-0.4, -0.2) is 67.2 Å². The van der Waals surface area contributed by atoms with Crippen molar-refractivity contribution >= 4 is 35.5 Å². The minimum absolute atomic E-state index is 0.307. The summed E-state index contributed by atoms with van der Waals surface area (Å²) in [5, 5.41) is 5.87. The van der Waals surface area contributed by atoms with Crippen LogP contribution in [0.2, 0.25) is 0 Å². The number of hydrogen-bond donors (Lipinski definition) is 2. The SMILES string of the molecule is C=C(CNC)SCc1cc(NC(=O)c2cc(OC)c(OC)c(OC)c2)cc(C(=O)OC)c1.CC.CC.CC=NC. The van der Waals surface area contributed by atoms with Gasteiger partial charge in [0.05, 0.1) is 34.0 Å². The highest BCUT2D eigenvalue weighted by Gasteiger charge is 2.18. The maximum Gasteiger partial charge on any atom is 0.337 e. The van der Waals surface area contributed by atoms with E-state index in [4.69, 9.17) is 18.9 Å². The third kappa shape index (κ3) is 13.5. The van der Waals surface area contributed by atoms with Gasteiger partial charge >= 0.3 is 5.97 Å². The molecule has 2 aromatic carbocycles. The molecular weight excluding hydrogens is 530 g/mol. The number of thioether (sulfide) groups is 1. The van der Waals surface area contributed by atoms with Gasteiger partial charge in [0.15, 0.2) is 11.5 Å². The Balaban J connectivity index is 0. The molecule has 0 fully saturated rings. The first-order chi connectivity index (χ1) is 19.3. The van der Waals surface area contributed by atoms with Gasteiger partial charge in [0.1, 0.15) is 0 Å². The van der Waals surface area contributed by atoms with Crippen molar-refractivity contribution in [1.82, 2.24) is 5.32 Å². The monoisotopic (exact) mass is 577 g/mol. The van der Waals surface area contributed by atoms with E-state index in [0.29, 0.717) is 46.4 Å². The maximum absolute atomic E-state index is 13.0. The second kappa shape index (κ2) is 23.4. The summed E-state index contributed by atoms with van der Waals surface area (Å²) in [7, 11) is 9.35. The van der Waals surface area contributed by atoms with E-state index >= 15 is 0 Å². The number of nitrogens with one attached hydrogen (secondary N) is 2. The van der Waals surface area contributed by atoms with Crippen LogP contribution in [0.3, 0.4) is 0 Å². The number of nitrogens with zero attached hydrogens (tertiary/aromatic N) is 1. The van der Waals surface area contributed by atoms with E-state index in [2.05, 4.69) is 22.2 Å². The van der Waals surface area contributed by atoms with E-state index < -0.39 is 11.9 Å². The van der Waals surface area contributed by atoms with Crippen LogP contribution in [0.5, 0.6) is 17.2 Å². The van der Waals surface area contributed by atoms with Crippen molar-refractivity contribution in [3.05, 3.63) is 58.5 Å². The minimum atomic E-state index is -0.491. The zero-order valence-corrected chi connectivity index (χ0v) is 26.7. The van der Waals surface area contributed by atoms with Crippen molar-refractivity contribution in [2.45, 2.75) is 40.4 Å². The lowest BCUT2D eigenvalue weighted by atomic mass is 10.1. The Morgan fingerprint density at radius 3 is 1.90 bits per heavy atom. The van der Waals surface area contributed by atoms with Crippen molar-refractivity contribution in [2.24, 2.45) is 4.99 Å². The lowest BCUT2D eigenvalue weighted by molar-refractivity contribution is 0.0600. The Bertz CT molecular complexity index is 1040. The number of ether oxygens (including phenoxy) is 4. The Morgan fingerprint density at radius 1 is 0.925 bits per heavy atom. The Morgan fingerprint density at radius 2 is 1.48 bits per heavy atom. The van der Waals surface area contributed by atoms with E-state index in [-0.39, 0.29) is 0 Å². The number of amides is 1. The van der Waals surface area contributed by atoms with Gasteiger partial charge in [-0.05, 0) is 61.0 Å². The summed E-state index contributed by atoms with van der Waals surface area (Å²) in [6.07, 6.45) is 1.75. The number of rotatable bonds is 11. The van der Waals surface area contributed by atoms with E-state index in [0.717, 1.165) is 10.5 Å². The largest absolute Gasteiger partial charge is 0.493 e. The van der Waals surface area contributed by atoms with Crippen LogP contribution < -0.4 is 24.8 Å². The average molecular weight is 578 g/mol. The molecular formula is C30H47N3O6S. The van der Waals surface area contributed by atoms with Crippen LogP contribution in [0.25, 0.3) is 0 Å². The van der Waals surface area contributed by atoms with Crippen molar-refractivity contribution < 1.29 is 28.5 Å². The molecule has 0 saturated carbocycles. The van der Waals surface area contributed by atoms with Crippen LogP contribution in [0.15, 0.2) is 46.8 Å². The molecule has 224 valence electrons. The molecule has 0 atom stereocenters. The number of benzene rings is 2. The van der Waals surface area contributed by atoms with E-state index in [1.165, 1.54) is 28.4 Å². The second-order valence-electron chi connectivity index (χ2n) is 7.15. The standard InChI is InChI=1S/C23H28N2O6S.C3H7N.2C2H6/c1-14(12-24-2)32-13-15-7-17(23(27)31-6)9-18(8-15)25-22(26)16-10-19(28-3)21(30-5)20(11-16)29-4;1-3-4-2;2*1-2/h7-11,24H,1,12-13H2,2-6H3,(H,25,26);3H,1-2H3;2*1-2H3. The van der Waals surface area contributed by atoms with Crippen LogP contribution in [0.1, 0.15) is 60.9 Å². The topological polar surface area (TPSA) is 107 Å². The molecule has 2 N–H and O–H groups in total. The molecule has 0 aliphatic heterocycles. The predicted molar refractivity (Wildman–Crippen MR) is 169 cm³/mol. The van der Waals surface area contributed by atoms with Crippen molar-refractivity contribution in [3.8, 4) is 17.2 Å². The second-order valence-corrected chi connectivity index (χ2v) is 8.31. The van der Waals surface area contributed by atoms with Gasteiger partial charge in [-0.2, -0.15) is 0 Å². The van der Waals surface area contributed by atoms with Gasteiger partial charge in [-0.3, -0.25) is 4.79 Å². The molecule has 0 bridgehead atoms. The zero-order valence-electron chi connectivity index (χ0n) is 25.9. The third-order valence-corrected chi connectivity index (χ3v) is 5.70. The summed E-state index contributed by atoms with van der Waals surface area (Å²) in [4.78, 5) is 29.7. The van der Waals surface area contributed by atoms with Crippen LogP contribution >= 0.6 is 11.8 Å². The molecule has 0 heterocycles. The average Bonchev–Trinajstić information content (AvgIpc) is 3.00. The summed E-state index contributed by atoms with van der Waals surface area (Å²) >= 11 is 1.55. The molecule has 40 heavy (non-hydrogen) atoms. The summed E-state index contributed by atoms with van der Waals surface area (Å²) in [6.45, 7) is 14.6. The summed E-state index contributed by atoms with van der Waals surface area (Å²) in [5.74, 6) is 0.804. The number of carbonyl (C=O) groups is 2. The summed E-state index contributed by atoms with van der Waals surface area (Å²) in [5.41, 5.74) is 1.95. The molecule has 0 unspecified atom stereocenters. The highest BCUT2D eigenvalue weighted by Crippen LogP contribution is 2.38. The van der Waals surface area contributed by atoms with Crippen molar-refractivity contribution in [2.75, 3.05) is 54.4 Å². The third-order valence-electron chi connectivity index (χ3n) is 4.67. The van der Waals surface area contributed by atoms with Gasteiger partial charge < -0.3 is 34.6 Å². The number of methoxy groups -OCH3 is 4. The molecule has 0 aliphatic rings. The fourth-order valence-corrected chi connectivity index (χ4v) is 3.72. The molecule has 0 aliphatic carbocycles. The van der Waals surface area contributed by atoms with Crippen LogP contribution in [0.4, 0.5) is 5.69 Å². The van der Waals surface area contributed by atoms with Crippen molar-refractivity contribution in [3.63, 3.8) is 0 Å². The fourth-order valence-electron chi connectivity index (χ4n) is 2.93. The van der Waals surface area contributed by atoms with Gasteiger partial charge in [-0.25, -0.2) is 4.79 Å². The van der Waals surface area contributed by atoms with Crippen molar-refractivity contribution in [1.29, 1.82) is 0 Å². The number of aliphatic imine (C=N–C) groups is 1. The molecule has 0 aromatic heterocycles. The van der Waals surface area contributed by atoms with Gasteiger partial charge in [0, 0.05) is 30.6 Å². The van der Waals surface area contributed by atoms with Gasteiger partial charge in [0.25, 0.3) is 5.91 Å². The molecule has 2 rings (SSSR count). The summed E-state index contributed by atoms with van der Waals surface area (Å²) < 4.78 is 20.8. The lowest BCUT2D eigenvalue weighted by Crippen LogP contribution is -2.14. The number of anilines is 1. The minimum Gasteiger partial charge on any atom is -0.493 e. The predicted octanol–water partition coefficient (Wildman–Crippen LogP) is 6.48. The fraction of sp³-hybridized carbons (Fsp3) is 0.433. The highest BCUT2D eigenvalue weighted by molar-refractivity contribution is 8.02. The Kier molecular flexibility index (Phi) is 22.6. The molecule has 10 heteroatoms. The number of esters is 1. The van der Waals surface area contributed by atoms with Gasteiger partial charge in [-0.1, -0.05) is 34.3 Å². The quantitative estimate of drug-likeness (QED) is 0.231. The van der Waals surface area contributed by atoms with Crippen LogP contribution in [0, 0.1) is 0 Å². The normalized spacial score (nSPS) is 9.47. The Hall–Kier alpha value is -3.50. The number of hydrogen-bond acceptors (Lipinski definition) is 9. The highest BCUT2D eigenvalue weighted by atomic mass is 32.2. The first-order valence-electron chi connectivity index (χ1n) is 12.9. The van der Waals surface area contributed by atoms with Crippen LogP contribution in [-0.2, 0) is 10.5 Å². The smallest absolute Gasteiger partial charge is 0.337 e. The number of carbonyl (C=O) groups excluding carboxylic acids is 2. The molecule has 1 amide bonds. The van der Waals surface area contributed by atoms with Gasteiger partial charge in [-0.15, -0.1) is 11.8 Å². The molecule has 9 nitrogen and oxygen atoms in total. The van der Waals surface area contributed by atoms with E-state index in [9.17, 15) is 9.59 Å². The molecule has 2 aromatic rings. The Labute approximate surface area is 244 Å². The molecule has 0 spiro atoms. The van der Waals surface area contributed by atoms with E-state index in [1.54, 1.807) is 49.3 Å². The maximum atomic E-state index is 13.0. The lowest BCUT2D eigenvalue weighted by Gasteiger charge is -2.15.